The number of thiocarbonyl (C=S) groups is 1. The predicted molar refractivity (Wildman–Crippen MR) is 103 cm³/mol. The Morgan fingerprint density at radius 3 is 2.62 bits per heavy atom. The van der Waals surface area contributed by atoms with Gasteiger partial charge in [-0.2, -0.15) is 0 Å². The normalized spacial score (nSPS) is 10.0. The topological polar surface area (TPSA) is 88.7 Å². The highest BCUT2D eigenvalue weighted by Crippen LogP contribution is 2.17. The second-order valence-corrected chi connectivity index (χ2v) is 6.24. The molecule has 2 rings (SSSR count). The molecule has 1 aromatic heterocycles. The predicted octanol–water partition coefficient (Wildman–Crippen LogP) is 2.11. The number of carbonyl (C=O) groups is 2. The molecule has 0 saturated heterocycles. The van der Waals surface area contributed by atoms with Crippen molar-refractivity contribution < 1.29 is 19.1 Å². The van der Waals surface area contributed by atoms with Crippen molar-refractivity contribution in [2.45, 2.75) is 6.92 Å². The molecule has 0 fully saturated rings. The Kier molecular flexibility index (Phi) is 8.00. The first kappa shape index (κ1) is 19.8. The zero-order valence-corrected chi connectivity index (χ0v) is 15.7. The van der Waals surface area contributed by atoms with Crippen LogP contribution in [-0.2, 0) is 4.74 Å². The molecule has 0 spiro atoms. The third-order valence-corrected chi connectivity index (χ3v) is 4.16. The van der Waals surface area contributed by atoms with Crippen LogP contribution in [0.25, 0.3) is 0 Å². The zero-order valence-electron chi connectivity index (χ0n) is 14.1. The van der Waals surface area contributed by atoms with Crippen LogP contribution in [-0.4, -0.2) is 36.7 Å². The molecule has 0 aliphatic rings. The maximum atomic E-state index is 12.4. The molecular weight excluding hydrogens is 374 g/mol. The van der Waals surface area contributed by atoms with Crippen LogP contribution in [0.15, 0.2) is 41.8 Å². The quantitative estimate of drug-likeness (QED) is 0.379. The molecule has 1 heterocycles. The summed E-state index contributed by atoms with van der Waals surface area (Å²) in [4.78, 5) is 24.7. The molecule has 1 aromatic carbocycles. The highest BCUT2D eigenvalue weighted by molar-refractivity contribution is 7.80. The van der Waals surface area contributed by atoms with Gasteiger partial charge in [0.2, 0.25) is 0 Å². The average Bonchev–Trinajstić information content (AvgIpc) is 3.18. The standard InChI is InChI=1S/C17H19N3O4S2/c1-2-23-9-10-24-13-7-4-3-6-12(13)15(21)18-17(25)20-19-16(22)14-8-5-11-26-14/h3-8,11H,2,9-10H2,1H3,(H,19,22)(H2,18,20,21,25). The Labute approximate surface area is 160 Å². The van der Waals surface area contributed by atoms with Crippen LogP contribution in [0.3, 0.4) is 0 Å². The lowest BCUT2D eigenvalue weighted by Gasteiger charge is -2.13. The van der Waals surface area contributed by atoms with Gasteiger partial charge in [-0.1, -0.05) is 18.2 Å². The Morgan fingerprint density at radius 2 is 1.88 bits per heavy atom. The minimum atomic E-state index is -0.445. The number of nitrogens with one attached hydrogen (secondary N) is 3. The lowest BCUT2D eigenvalue weighted by Crippen LogP contribution is -2.48. The summed E-state index contributed by atoms with van der Waals surface area (Å²) < 4.78 is 10.8. The molecule has 0 radical (unpaired) electrons. The van der Waals surface area contributed by atoms with E-state index in [0.717, 1.165) is 0 Å². The number of carbonyl (C=O) groups excluding carboxylic acids is 2. The molecule has 0 saturated carbocycles. The van der Waals surface area contributed by atoms with Gasteiger partial charge >= 0.3 is 0 Å². The van der Waals surface area contributed by atoms with Gasteiger partial charge in [-0.25, -0.2) is 0 Å². The Morgan fingerprint density at radius 1 is 1.08 bits per heavy atom. The van der Waals surface area contributed by atoms with Crippen molar-refractivity contribution in [3.8, 4) is 5.75 Å². The monoisotopic (exact) mass is 393 g/mol. The van der Waals surface area contributed by atoms with Gasteiger partial charge in [0.15, 0.2) is 5.11 Å². The molecule has 2 aromatic rings. The zero-order chi connectivity index (χ0) is 18.8. The molecule has 0 aliphatic carbocycles. The number of ether oxygens (including phenoxy) is 2. The molecule has 7 nitrogen and oxygen atoms in total. The molecule has 0 bridgehead atoms. The summed E-state index contributed by atoms with van der Waals surface area (Å²) in [6.07, 6.45) is 0. The fourth-order valence-electron chi connectivity index (χ4n) is 1.92. The van der Waals surface area contributed by atoms with Crippen molar-refractivity contribution in [1.82, 2.24) is 16.2 Å². The van der Waals surface area contributed by atoms with Crippen molar-refractivity contribution in [3.63, 3.8) is 0 Å². The summed E-state index contributed by atoms with van der Waals surface area (Å²) in [5, 5.41) is 4.26. The highest BCUT2D eigenvalue weighted by Gasteiger charge is 2.14. The second-order valence-electron chi connectivity index (χ2n) is 4.88. The van der Waals surface area contributed by atoms with Gasteiger partial charge in [0.1, 0.15) is 12.4 Å². The second kappa shape index (κ2) is 10.5. The van der Waals surface area contributed by atoms with Crippen LogP contribution in [0, 0.1) is 0 Å². The lowest BCUT2D eigenvalue weighted by atomic mass is 10.2. The maximum Gasteiger partial charge on any atom is 0.279 e. The number of hydrogen-bond acceptors (Lipinski definition) is 6. The van der Waals surface area contributed by atoms with Crippen molar-refractivity contribution in [2.75, 3.05) is 19.8 Å². The van der Waals surface area contributed by atoms with Gasteiger partial charge in [0.05, 0.1) is 17.0 Å². The van der Waals surface area contributed by atoms with Gasteiger partial charge in [-0.3, -0.25) is 25.8 Å². The van der Waals surface area contributed by atoms with E-state index >= 15 is 0 Å². The fraction of sp³-hybridized carbons (Fsp3) is 0.235. The van der Waals surface area contributed by atoms with Gasteiger partial charge in [0.25, 0.3) is 11.8 Å². The van der Waals surface area contributed by atoms with Crippen molar-refractivity contribution >= 4 is 40.5 Å². The maximum absolute atomic E-state index is 12.4. The summed E-state index contributed by atoms with van der Waals surface area (Å²) in [6.45, 7) is 3.26. The molecule has 138 valence electrons. The third-order valence-electron chi connectivity index (χ3n) is 3.08. The van der Waals surface area contributed by atoms with E-state index in [0.29, 0.717) is 36.0 Å². The Balaban J connectivity index is 1.86. The highest BCUT2D eigenvalue weighted by atomic mass is 32.1. The number of thiophene rings is 1. The van der Waals surface area contributed by atoms with Crippen molar-refractivity contribution in [3.05, 3.63) is 52.2 Å². The van der Waals surface area contributed by atoms with E-state index < -0.39 is 5.91 Å². The molecule has 0 unspecified atom stereocenters. The SMILES string of the molecule is CCOCCOc1ccccc1C(=O)NC(=S)NNC(=O)c1cccs1. The summed E-state index contributed by atoms with van der Waals surface area (Å²) in [5.41, 5.74) is 5.25. The molecule has 0 atom stereocenters. The first-order chi connectivity index (χ1) is 12.6. The number of hydrogen-bond donors (Lipinski definition) is 3. The fourth-order valence-corrected chi connectivity index (χ4v) is 2.68. The lowest BCUT2D eigenvalue weighted by molar-refractivity contribution is 0.0933. The summed E-state index contributed by atoms with van der Waals surface area (Å²) in [7, 11) is 0. The summed E-state index contributed by atoms with van der Waals surface area (Å²) in [6, 6.07) is 10.2. The Hall–Kier alpha value is -2.49. The van der Waals surface area contributed by atoms with E-state index in [-0.39, 0.29) is 11.0 Å². The minimum absolute atomic E-state index is 0.0241. The molecule has 26 heavy (non-hydrogen) atoms. The summed E-state index contributed by atoms with van der Waals surface area (Å²) in [5.74, 6) is -0.355. The molecule has 2 amide bonds. The van der Waals surface area contributed by atoms with E-state index in [1.54, 1.807) is 41.8 Å². The van der Waals surface area contributed by atoms with Crippen LogP contribution in [0.5, 0.6) is 5.75 Å². The number of hydrazine groups is 1. The number of amides is 2. The Bertz CT molecular complexity index is 750. The van der Waals surface area contributed by atoms with Crippen LogP contribution in [0.4, 0.5) is 0 Å². The van der Waals surface area contributed by atoms with Crippen LogP contribution < -0.4 is 20.9 Å². The van der Waals surface area contributed by atoms with Crippen LogP contribution >= 0.6 is 23.6 Å². The van der Waals surface area contributed by atoms with Crippen molar-refractivity contribution in [2.24, 2.45) is 0 Å². The smallest absolute Gasteiger partial charge is 0.279 e. The minimum Gasteiger partial charge on any atom is -0.490 e. The van der Waals surface area contributed by atoms with Gasteiger partial charge in [0, 0.05) is 6.61 Å². The van der Waals surface area contributed by atoms with E-state index in [1.165, 1.54) is 11.3 Å². The van der Waals surface area contributed by atoms with Crippen molar-refractivity contribution in [1.29, 1.82) is 0 Å². The van der Waals surface area contributed by atoms with Gasteiger partial charge in [-0.15, -0.1) is 11.3 Å². The first-order valence-electron chi connectivity index (χ1n) is 7.86. The molecule has 3 N–H and O–H groups in total. The van der Waals surface area contributed by atoms with E-state index in [9.17, 15) is 9.59 Å². The van der Waals surface area contributed by atoms with E-state index in [1.807, 2.05) is 6.92 Å². The molecule has 9 heteroatoms. The van der Waals surface area contributed by atoms with Crippen LogP contribution in [0.1, 0.15) is 27.0 Å². The van der Waals surface area contributed by atoms with Crippen LogP contribution in [0.2, 0.25) is 0 Å². The first-order valence-corrected chi connectivity index (χ1v) is 9.15. The largest absolute Gasteiger partial charge is 0.490 e. The summed E-state index contributed by atoms with van der Waals surface area (Å²) >= 11 is 6.33. The molecule has 0 aliphatic heterocycles. The molecular formula is C17H19N3O4S2. The number of benzene rings is 1. The van der Waals surface area contributed by atoms with E-state index in [4.69, 9.17) is 21.7 Å². The van der Waals surface area contributed by atoms with E-state index in [2.05, 4.69) is 16.2 Å². The van der Waals surface area contributed by atoms with Gasteiger partial charge < -0.3 is 9.47 Å². The van der Waals surface area contributed by atoms with Gasteiger partial charge in [-0.05, 0) is 42.7 Å². The third kappa shape index (κ3) is 6.10. The average molecular weight is 393 g/mol. The number of rotatable bonds is 7. The number of para-hydroxylation sites is 1.